The Morgan fingerprint density at radius 1 is 0.939 bits per heavy atom. The van der Waals surface area contributed by atoms with E-state index in [0.717, 1.165) is 51.4 Å². The van der Waals surface area contributed by atoms with E-state index in [4.69, 9.17) is 4.42 Å². The van der Waals surface area contributed by atoms with E-state index in [9.17, 15) is 4.79 Å². The number of hydrogen-bond donors (Lipinski definition) is 1. The van der Waals surface area contributed by atoms with Crippen molar-refractivity contribution < 1.29 is 9.21 Å². The highest BCUT2D eigenvalue weighted by molar-refractivity contribution is 5.95. The van der Waals surface area contributed by atoms with E-state index >= 15 is 0 Å². The van der Waals surface area contributed by atoms with Gasteiger partial charge >= 0.3 is 0 Å². The zero-order valence-electron chi connectivity index (χ0n) is 18.5. The number of nitrogens with one attached hydrogen (secondary N) is 1. The monoisotopic (exact) mass is 437 g/mol. The second-order valence-corrected chi connectivity index (χ2v) is 10.5. The Morgan fingerprint density at radius 3 is 2.33 bits per heavy atom. The van der Waals surface area contributed by atoms with Crippen molar-refractivity contribution in [3.05, 3.63) is 72.4 Å². The largest absolute Gasteiger partial charge is 0.454 e. The van der Waals surface area contributed by atoms with Crippen molar-refractivity contribution in [1.29, 1.82) is 0 Å². The summed E-state index contributed by atoms with van der Waals surface area (Å²) in [6, 6.07) is 19.7. The van der Waals surface area contributed by atoms with E-state index in [-0.39, 0.29) is 11.4 Å². The number of hydrogen-bond acceptors (Lipinski definition) is 3. The molecule has 4 aliphatic carbocycles. The van der Waals surface area contributed by atoms with Gasteiger partial charge < -0.3 is 9.73 Å². The number of benzene rings is 2. The second kappa shape index (κ2) is 7.08. The summed E-state index contributed by atoms with van der Waals surface area (Å²) in [6.45, 7) is 0. The van der Waals surface area contributed by atoms with Gasteiger partial charge in [0.2, 0.25) is 0 Å². The molecule has 0 saturated heterocycles. The average Bonchev–Trinajstić information content (AvgIpc) is 3.45. The van der Waals surface area contributed by atoms with Gasteiger partial charge in [-0.15, -0.1) is 0 Å². The van der Waals surface area contributed by atoms with Crippen molar-refractivity contribution in [3.63, 3.8) is 0 Å². The van der Waals surface area contributed by atoms with Crippen LogP contribution in [0.1, 0.15) is 48.9 Å². The molecular formula is C28H27N3O2. The summed E-state index contributed by atoms with van der Waals surface area (Å²) in [4.78, 5) is 13.1. The zero-order chi connectivity index (χ0) is 22.0. The minimum absolute atomic E-state index is 0.0357. The number of amides is 1. The highest BCUT2D eigenvalue weighted by Crippen LogP contribution is 2.55. The molecule has 8 rings (SSSR count). The van der Waals surface area contributed by atoms with Crippen LogP contribution >= 0.6 is 0 Å². The first-order valence-corrected chi connectivity index (χ1v) is 12.1. The lowest BCUT2D eigenvalue weighted by molar-refractivity contribution is -0.0167. The Morgan fingerprint density at radius 2 is 1.64 bits per heavy atom. The Labute approximate surface area is 192 Å². The van der Waals surface area contributed by atoms with Gasteiger partial charge in [-0.3, -0.25) is 4.79 Å². The summed E-state index contributed by atoms with van der Waals surface area (Å²) >= 11 is 0. The highest BCUT2D eigenvalue weighted by Gasteiger charge is 2.51. The maximum absolute atomic E-state index is 13.1. The van der Waals surface area contributed by atoms with E-state index in [1.807, 2.05) is 71.5 Å². The van der Waals surface area contributed by atoms with Gasteiger partial charge in [0.15, 0.2) is 5.76 Å². The molecule has 1 amide bonds. The van der Waals surface area contributed by atoms with Crippen LogP contribution < -0.4 is 5.32 Å². The van der Waals surface area contributed by atoms with Crippen molar-refractivity contribution in [2.45, 2.75) is 44.1 Å². The lowest BCUT2D eigenvalue weighted by atomic mass is 9.53. The molecule has 0 spiro atoms. The standard InChI is InChI=1S/C28H27N3O2/c32-27(29-28-15-18-11-19(16-28)13-20(12-18)17-28)21-5-7-23(8-6-21)31-10-9-24(30-31)26-14-22-3-1-2-4-25(22)33-26/h1-10,14,18-20H,11-13,15-17H2,(H,29,32). The van der Waals surface area contributed by atoms with Gasteiger partial charge in [-0.1, -0.05) is 18.2 Å². The minimum Gasteiger partial charge on any atom is -0.454 e. The van der Waals surface area contributed by atoms with Crippen LogP contribution in [0.25, 0.3) is 28.1 Å². The lowest BCUT2D eigenvalue weighted by Gasteiger charge is -2.56. The van der Waals surface area contributed by atoms with Gasteiger partial charge in [0.1, 0.15) is 11.3 Å². The molecule has 4 bridgehead atoms. The Hall–Kier alpha value is -3.34. The van der Waals surface area contributed by atoms with Gasteiger partial charge in [0, 0.05) is 22.7 Å². The predicted octanol–water partition coefficient (Wildman–Crippen LogP) is 5.98. The Bertz CT molecular complexity index is 1280. The van der Waals surface area contributed by atoms with Gasteiger partial charge in [0.05, 0.1) is 5.69 Å². The molecular weight excluding hydrogens is 410 g/mol. The molecule has 1 N–H and O–H groups in total. The molecule has 0 unspecified atom stereocenters. The van der Waals surface area contributed by atoms with Crippen LogP contribution in [0.3, 0.4) is 0 Å². The third kappa shape index (κ3) is 3.29. The number of nitrogens with zero attached hydrogens (tertiary/aromatic N) is 2. The third-order valence-corrected chi connectivity index (χ3v) is 8.08. The normalized spacial score (nSPS) is 27.8. The maximum Gasteiger partial charge on any atom is 0.251 e. The van der Waals surface area contributed by atoms with Crippen LogP contribution in [-0.4, -0.2) is 21.2 Å². The summed E-state index contributed by atoms with van der Waals surface area (Å²) in [5.74, 6) is 3.27. The number of furan rings is 1. The first-order chi connectivity index (χ1) is 16.1. The Balaban J connectivity index is 1.09. The molecule has 4 aliphatic rings. The number of aromatic nitrogens is 2. The molecule has 2 aromatic heterocycles. The second-order valence-electron chi connectivity index (χ2n) is 10.5. The summed E-state index contributed by atoms with van der Waals surface area (Å²) in [7, 11) is 0. The van der Waals surface area contributed by atoms with E-state index in [0.29, 0.717) is 0 Å². The fourth-order valence-electron chi connectivity index (χ4n) is 7.05. The molecule has 0 aliphatic heterocycles. The maximum atomic E-state index is 13.1. The summed E-state index contributed by atoms with van der Waals surface area (Å²) in [5, 5.41) is 9.22. The number of carbonyl (C=O) groups is 1. The topological polar surface area (TPSA) is 60.1 Å². The first kappa shape index (κ1) is 19.2. The molecule has 2 aromatic carbocycles. The molecule has 166 valence electrons. The third-order valence-electron chi connectivity index (χ3n) is 8.08. The number of fused-ring (bicyclic) bond motifs is 1. The summed E-state index contributed by atoms with van der Waals surface area (Å²) < 4.78 is 7.76. The number of para-hydroxylation sites is 1. The van der Waals surface area contributed by atoms with Gasteiger partial charge in [-0.25, -0.2) is 4.68 Å². The number of carbonyl (C=O) groups excluding carboxylic acids is 1. The molecule has 33 heavy (non-hydrogen) atoms. The molecule has 0 atom stereocenters. The van der Waals surface area contributed by atoms with Crippen molar-refractivity contribution in [2.24, 2.45) is 17.8 Å². The molecule has 4 fully saturated rings. The molecule has 5 nitrogen and oxygen atoms in total. The van der Waals surface area contributed by atoms with Crippen LogP contribution in [0, 0.1) is 17.8 Å². The van der Waals surface area contributed by atoms with E-state index in [1.54, 1.807) is 0 Å². The van der Waals surface area contributed by atoms with Crippen LogP contribution in [0.4, 0.5) is 0 Å². The molecule has 2 heterocycles. The fourth-order valence-corrected chi connectivity index (χ4v) is 7.05. The molecule has 4 aromatic rings. The fraction of sp³-hybridized carbons (Fsp3) is 0.357. The van der Waals surface area contributed by atoms with E-state index in [1.165, 1.54) is 38.5 Å². The van der Waals surface area contributed by atoms with Crippen LogP contribution in [0.15, 0.2) is 71.3 Å². The summed E-state index contributed by atoms with van der Waals surface area (Å²) in [6.07, 6.45) is 9.56. The van der Waals surface area contributed by atoms with Crippen LogP contribution in [-0.2, 0) is 0 Å². The smallest absolute Gasteiger partial charge is 0.251 e. The van der Waals surface area contributed by atoms with Crippen molar-refractivity contribution in [2.75, 3.05) is 0 Å². The van der Waals surface area contributed by atoms with Crippen LogP contribution in [0.5, 0.6) is 0 Å². The average molecular weight is 438 g/mol. The molecule has 5 heteroatoms. The van der Waals surface area contributed by atoms with Crippen LogP contribution in [0.2, 0.25) is 0 Å². The SMILES string of the molecule is O=C(NC12CC3CC(CC(C3)C1)C2)c1ccc(-n2ccc(-c3cc4ccccc4o3)n2)cc1. The molecule has 4 saturated carbocycles. The molecule has 0 radical (unpaired) electrons. The first-order valence-electron chi connectivity index (χ1n) is 12.1. The predicted molar refractivity (Wildman–Crippen MR) is 127 cm³/mol. The van der Waals surface area contributed by atoms with Crippen molar-refractivity contribution in [3.8, 4) is 17.1 Å². The zero-order valence-corrected chi connectivity index (χ0v) is 18.5. The highest BCUT2D eigenvalue weighted by atomic mass is 16.3. The summed E-state index contributed by atoms with van der Waals surface area (Å²) in [5.41, 5.74) is 3.32. The van der Waals surface area contributed by atoms with Gasteiger partial charge in [-0.05, 0) is 98.7 Å². The minimum atomic E-state index is 0.0357. The van der Waals surface area contributed by atoms with E-state index in [2.05, 4.69) is 10.4 Å². The lowest BCUT2D eigenvalue weighted by Crippen LogP contribution is -2.59. The quantitative estimate of drug-likeness (QED) is 0.427. The van der Waals surface area contributed by atoms with Crippen molar-refractivity contribution in [1.82, 2.24) is 15.1 Å². The number of rotatable bonds is 4. The van der Waals surface area contributed by atoms with Gasteiger partial charge in [-0.2, -0.15) is 5.10 Å². The van der Waals surface area contributed by atoms with Gasteiger partial charge in [0.25, 0.3) is 5.91 Å². The van der Waals surface area contributed by atoms with Crippen molar-refractivity contribution >= 4 is 16.9 Å². The van der Waals surface area contributed by atoms with E-state index < -0.39 is 0 Å². The Kier molecular flexibility index (Phi) is 4.11.